The van der Waals surface area contributed by atoms with Gasteiger partial charge in [0.15, 0.2) is 5.13 Å². The van der Waals surface area contributed by atoms with Crippen LogP contribution in [0.3, 0.4) is 0 Å². The second-order valence-corrected chi connectivity index (χ2v) is 8.90. The molecule has 2 amide bonds. The summed E-state index contributed by atoms with van der Waals surface area (Å²) in [7, 11) is 0. The number of fused-ring (bicyclic) bond motifs is 3. The minimum Gasteiger partial charge on any atom is -0.480 e. The van der Waals surface area contributed by atoms with E-state index in [0.29, 0.717) is 0 Å². The van der Waals surface area contributed by atoms with E-state index in [1.54, 1.807) is 0 Å². The molecule has 5 rings (SSSR count). The van der Waals surface area contributed by atoms with Crippen LogP contribution in [0.15, 0.2) is 53.9 Å². The molecule has 168 valence electrons. The fraction of sp³-hybridized carbons (Fsp3) is 0.250. The largest absolute Gasteiger partial charge is 0.480 e. The number of carbonyl (C=O) groups is 3. The summed E-state index contributed by atoms with van der Waals surface area (Å²) < 4.78 is 5.51. The Hall–Kier alpha value is -3.72. The highest BCUT2D eigenvalue weighted by atomic mass is 32.1. The molecule has 2 aliphatic carbocycles. The Balaban J connectivity index is 1.23. The number of hydrogen-bond donors (Lipinski definition) is 2. The number of benzene rings is 2. The van der Waals surface area contributed by atoms with Crippen molar-refractivity contribution in [3.63, 3.8) is 0 Å². The third kappa shape index (κ3) is 4.31. The smallest absolute Gasteiger partial charge is 0.413 e. The number of aliphatic carboxylic acids is 1. The van der Waals surface area contributed by atoms with Gasteiger partial charge in [-0.05, 0) is 35.1 Å². The lowest BCUT2D eigenvalue weighted by Gasteiger charge is -2.18. The van der Waals surface area contributed by atoms with Gasteiger partial charge in [0, 0.05) is 17.3 Å². The summed E-state index contributed by atoms with van der Waals surface area (Å²) in [6.07, 6.45) is 0.914. The van der Waals surface area contributed by atoms with E-state index < -0.39 is 18.0 Å². The van der Waals surface area contributed by atoms with Gasteiger partial charge < -0.3 is 14.7 Å². The van der Waals surface area contributed by atoms with Crippen molar-refractivity contribution < 1.29 is 24.2 Å². The molecule has 0 aliphatic heterocycles. The van der Waals surface area contributed by atoms with Crippen molar-refractivity contribution in [3.8, 4) is 11.1 Å². The van der Waals surface area contributed by atoms with Crippen LogP contribution in [-0.4, -0.2) is 52.2 Å². The fourth-order valence-electron chi connectivity index (χ4n) is 4.20. The lowest BCUT2D eigenvalue weighted by molar-refractivity contribution is -0.137. The van der Waals surface area contributed by atoms with Gasteiger partial charge in [-0.25, -0.2) is 9.78 Å². The monoisotopic (exact) mass is 463 g/mol. The third-order valence-corrected chi connectivity index (χ3v) is 6.59. The van der Waals surface area contributed by atoms with Crippen LogP contribution in [0, 0.1) is 0 Å². The molecule has 3 aromatic rings. The predicted octanol–water partition coefficient (Wildman–Crippen LogP) is 4.19. The molecule has 1 aromatic heterocycles. The lowest BCUT2D eigenvalue weighted by atomic mass is 9.98. The zero-order valence-electron chi connectivity index (χ0n) is 17.6. The average Bonchev–Trinajstić information content (AvgIpc) is 3.47. The molecule has 9 heteroatoms. The van der Waals surface area contributed by atoms with Gasteiger partial charge in [0.1, 0.15) is 18.8 Å². The summed E-state index contributed by atoms with van der Waals surface area (Å²) >= 11 is 1.09. The quantitative estimate of drug-likeness (QED) is 0.544. The maximum Gasteiger partial charge on any atom is 0.413 e. The Labute approximate surface area is 193 Å². The number of nitrogens with one attached hydrogen (secondary N) is 1. The number of thiazole rings is 1. The molecule has 0 spiro atoms. The Morgan fingerprint density at radius 3 is 2.30 bits per heavy atom. The first kappa shape index (κ1) is 21.1. The molecule has 1 saturated carbocycles. The second kappa shape index (κ2) is 8.67. The van der Waals surface area contributed by atoms with Crippen molar-refractivity contribution in [2.75, 3.05) is 18.5 Å². The van der Waals surface area contributed by atoms with Gasteiger partial charge in [-0.15, -0.1) is 11.3 Å². The van der Waals surface area contributed by atoms with Crippen molar-refractivity contribution >= 4 is 34.4 Å². The van der Waals surface area contributed by atoms with Crippen molar-refractivity contribution in [1.29, 1.82) is 0 Å². The van der Waals surface area contributed by atoms with E-state index in [1.165, 1.54) is 10.3 Å². The van der Waals surface area contributed by atoms with Crippen molar-refractivity contribution in [3.05, 3.63) is 70.7 Å². The number of anilines is 1. The van der Waals surface area contributed by atoms with Crippen LogP contribution < -0.4 is 5.32 Å². The minimum atomic E-state index is -1.07. The summed E-state index contributed by atoms with van der Waals surface area (Å²) in [4.78, 5) is 41.6. The fourth-order valence-corrected chi connectivity index (χ4v) is 4.87. The molecule has 0 saturated heterocycles. The number of carboxylic acids is 1. The zero-order valence-corrected chi connectivity index (χ0v) is 18.4. The second-order valence-electron chi connectivity index (χ2n) is 8.05. The van der Waals surface area contributed by atoms with Gasteiger partial charge in [-0.2, -0.15) is 0 Å². The Kier molecular flexibility index (Phi) is 5.55. The van der Waals surface area contributed by atoms with Gasteiger partial charge >= 0.3 is 12.1 Å². The highest BCUT2D eigenvalue weighted by Gasteiger charge is 2.35. The summed E-state index contributed by atoms with van der Waals surface area (Å²) in [6, 6.07) is 16.1. The van der Waals surface area contributed by atoms with Crippen molar-refractivity contribution in [2.24, 2.45) is 0 Å². The molecule has 0 atom stereocenters. The van der Waals surface area contributed by atoms with Gasteiger partial charge in [0.25, 0.3) is 5.91 Å². The molecule has 1 heterocycles. The van der Waals surface area contributed by atoms with Crippen LogP contribution in [0.1, 0.15) is 40.4 Å². The predicted molar refractivity (Wildman–Crippen MR) is 123 cm³/mol. The lowest BCUT2D eigenvalue weighted by Crippen LogP contribution is -2.37. The van der Waals surface area contributed by atoms with Crippen molar-refractivity contribution in [2.45, 2.75) is 24.8 Å². The van der Waals surface area contributed by atoms with Gasteiger partial charge in [-0.3, -0.25) is 14.9 Å². The maximum atomic E-state index is 12.7. The highest BCUT2D eigenvalue weighted by Crippen LogP contribution is 2.44. The van der Waals surface area contributed by atoms with Gasteiger partial charge in [0.05, 0.1) is 0 Å². The minimum absolute atomic E-state index is 0.0558. The number of nitrogens with zero attached hydrogens (tertiary/aromatic N) is 2. The van der Waals surface area contributed by atoms with Crippen LogP contribution >= 0.6 is 11.3 Å². The average molecular weight is 464 g/mol. The molecule has 0 radical (unpaired) electrons. The molecule has 2 aromatic carbocycles. The number of amides is 2. The molecule has 33 heavy (non-hydrogen) atoms. The van der Waals surface area contributed by atoms with Crippen molar-refractivity contribution in [1.82, 2.24) is 9.88 Å². The van der Waals surface area contributed by atoms with Gasteiger partial charge in [0.2, 0.25) is 0 Å². The Bertz CT molecular complexity index is 1190. The van der Waals surface area contributed by atoms with E-state index >= 15 is 0 Å². The SMILES string of the molecule is O=C(O)CN(C(=O)c1csc(NC(=O)OCC2c3ccccc3-c3ccccc32)n1)C1CC1. The summed E-state index contributed by atoms with van der Waals surface area (Å²) in [5.41, 5.74) is 4.64. The van der Waals surface area contributed by atoms with Crippen LogP contribution in [-0.2, 0) is 9.53 Å². The van der Waals surface area contributed by atoms with Gasteiger partial charge in [-0.1, -0.05) is 48.5 Å². The molecule has 2 N–H and O–H groups in total. The maximum absolute atomic E-state index is 12.7. The summed E-state index contributed by atoms with van der Waals surface area (Å²) in [6.45, 7) is -0.193. The first-order valence-electron chi connectivity index (χ1n) is 10.6. The van der Waals surface area contributed by atoms with Crippen LogP contribution in [0.5, 0.6) is 0 Å². The van der Waals surface area contributed by atoms with Crippen LogP contribution in [0.4, 0.5) is 9.93 Å². The Morgan fingerprint density at radius 2 is 1.70 bits per heavy atom. The van der Waals surface area contributed by atoms with E-state index in [-0.39, 0.29) is 35.9 Å². The van der Waals surface area contributed by atoms with Crippen LogP contribution in [0.2, 0.25) is 0 Å². The normalized spacial score (nSPS) is 14.3. The summed E-state index contributed by atoms with van der Waals surface area (Å²) in [5.74, 6) is -1.57. The third-order valence-electron chi connectivity index (χ3n) is 5.83. The number of hydrogen-bond acceptors (Lipinski definition) is 6. The van der Waals surface area contributed by atoms with E-state index in [1.807, 2.05) is 36.4 Å². The van der Waals surface area contributed by atoms with E-state index in [4.69, 9.17) is 9.84 Å². The molecule has 1 fully saturated rings. The highest BCUT2D eigenvalue weighted by molar-refractivity contribution is 7.14. The van der Waals surface area contributed by atoms with E-state index in [9.17, 15) is 14.4 Å². The zero-order chi connectivity index (χ0) is 22.9. The number of carboxylic acid groups (broad SMARTS) is 1. The van der Waals surface area contributed by atoms with Crippen LogP contribution in [0.25, 0.3) is 11.1 Å². The van der Waals surface area contributed by atoms with E-state index in [2.05, 4.69) is 22.4 Å². The number of rotatable bonds is 7. The Morgan fingerprint density at radius 1 is 1.06 bits per heavy atom. The molecular formula is C24H21N3O5S. The molecule has 0 bridgehead atoms. The van der Waals surface area contributed by atoms with E-state index in [0.717, 1.165) is 46.4 Å². The molecular weight excluding hydrogens is 442 g/mol. The molecule has 8 nitrogen and oxygen atoms in total. The number of carbonyl (C=O) groups excluding carboxylic acids is 2. The number of aromatic nitrogens is 1. The summed E-state index contributed by atoms with van der Waals surface area (Å²) in [5, 5.41) is 13.4. The number of ether oxygens (including phenoxy) is 1. The first-order chi connectivity index (χ1) is 16.0. The molecule has 0 unspecified atom stereocenters. The first-order valence-corrected chi connectivity index (χ1v) is 11.5. The topological polar surface area (TPSA) is 109 Å². The standard InChI is InChI=1S/C24H21N3O5S/c28-21(29)11-27(14-9-10-14)22(30)20-13-33-23(25-20)26-24(31)32-12-19-17-7-3-1-5-15(17)16-6-2-4-8-18(16)19/h1-8,13-14,19H,9-12H2,(H,28,29)(H,25,26,31). The molecule has 2 aliphatic rings.